The second kappa shape index (κ2) is 6.74. The summed E-state index contributed by atoms with van der Waals surface area (Å²) in [5, 5.41) is 5.90. The Morgan fingerprint density at radius 1 is 1.30 bits per heavy atom. The number of halogens is 1. The lowest BCUT2D eigenvalue weighted by Crippen LogP contribution is -2.44. The molecule has 0 saturated carbocycles. The first kappa shape index (κ1) is 17.5. The van der Waals surface area contributed by atoms with Gasteiger partial charge in [-0.1, -0.05) is 0 Å². The number of hydrogen-bond donors (Lipinski definition) is 2. The van der Waals surface area contributed by atoms with Gasteiger partial charge in [0, 0.05) is 6.07 Å². The van der Waals surface area contributed by atoms with Crippen molar-refractivity contribution in [2.75, 3.05) is 18.4 Å². The average Bonchev–Trinajstić information content (AvgIpc) is 2.40. The van der Waals surface area contributed by atoms with Gasteiger partial charge < -0.3 is 14.8 Å². The minimum atomic E-state index is -0.605. The second-order valence-corrected chi connectivity index (χ2v) is 7.07. The highest BCUT2D eigenvalue weighted by atomic mass is 19.1. The van der Waals surface area contributed by atoms with Crippen molar-refractivity contribution in [3.63, 3.8) is 0 Å². The lowest BCUT2D eigenvalue weighted by atomic mass is 9.94. The van der Waals surface area contributed by atoms with Crippen molar-refractivity contribution in [3.05, 3.63) is 24.0 Å². The van der Waals surface area contributed by atoms with Crippen molar-refractivity contribution in [2.24, 2.45) is 0 Å². The number of piperidine rings is 1. The molecule has 0 atom stereocenters. The third-order valence-electron chi connectivity index (χ3n) is 3.60. The quantitative estimate of drug-likeness (QED) is 0.890. The summed E-state index contributed by atoms with van der Waals surface area (Å²) in [6.07, 6.45) is 1.04. The zero-order valence-electron chi connectivity index (χ0n) is 14.2. The van der Waals surface area contributed by atoms with Gasteiger partial charge in [-0.25, -0.2) is 9.18 Å². The maximum absolute atomic E-state index is 13.6. The van der Waals surface area contributed by atoms with E-state index in [1.54, 1.807) is 20.8 Å². The lowest BCUT2D eigenvalue weighted by Gasteiger charge is -2.35. The average molecular weight is 324 g/mol. The largest absolute Gasteiger partial charge is 0.485 e. The van der Waals surface area contributed by atoms with Crippen molar-refractivity contribution in [1.82, 2.24) is 5.32 Å². The summed E-state index contributed by atoms with van der Waals surface area (Å²) >= 11 is 0. The molecule has 2 rings (SSSR count). The number of rotatable bonds is 3. The van der Waals surface area contributed by atoms with Crippen molar-refractivity contribution in [2.45, 2.75) is 51.7 Å². The molecule has 0 spiro atoms. The first-order chi connectivity index (χ1) is 10.7. The number of anilines is 1. The van der Waals surface area contributed by atoms with Gasteiger partial charge in [0.15, 0.2) is 0 Å². The summed E-state index contributed by atoms with van der Waals surface area (Å²) in [4.78, 5) is 11.9. The summed E-state index contributed by atoms with van der Waals surface area (Å²) in [5.41, 5.74) is -0.587. The highest BCUT2D eigenvalue weighted by Gasteiger charge is 2.30. The van der Waals surface area contributed by atoms with Crippen molar-refractivity contribution < 1.29 is 18.7 Å². The molecule has 0 aliphatic carbocycles. The first-order valence-corrected chi connectivity index (χ1v) is 7.86. The van der Waals surface area contributed by atoms with Crippen molar-refractivity contribution >= 4 is 11.8 Å². The van der Waals surface area contributed by atoms with E-state index in [9.17, 15) is 9.18 Å². The Labute approximate surface area is 136 Å². The Bertz CT molecular complexity index is 563. The van der Waals surface area contributed by atoms with Crippen LogP contribution in [0.5, 0.6) is 5.75 Å². The molecule has 128 valence electrons. The van der Waals surface area contributed by atoms with E-state index in [1.165, 1.54) is 18.2 Å². The van der Waals surface area contributed by atoms with Crippen LogP contribution >= 0.6 is 0 Å². The van der Waals surface area contributed by atoms with E-state index in [4.69, 9.17) is 9.47 Å². The molecule has 0 unspecified atom stereocenters. The molecule has 1 aliphatic heterocycles. The third kappa shape index (κ3) is 5.39. The summed E-state index contributed by atoms with van der Waals surface area (Å²) in [5.74, 6) is -0.0902. The summed E-state index contributed by atoms with van der Waals surface area (Å²) in [6.45, 7) is 9.04. The van der Waals surface area contributed by atoms with Crippen molar-refractivity contribution in [3.8, 4) is 5.75 Å². The molecular weight excluding hydrogens is 299 g/mol. The maximum Gasteiger partial charge on any atom is 0.412 e. The molecule has 6 heteroatoms. The predicted octanol–water partition coefficient (Wildman–Crippen LogP) is 3.69. The number of amides is 1. The summed E-state index contributed by atoms with van der Waals surface area (Å²) in [6, 6.07) is 4.06. The minimum absolute atomic E-state index is 0.320. The number of carbonyl (C=O) groups excluding carboxylic acids is 1. The lowest BCUT2D eigenvalue weighted by molar-refractivity contribution is 0.0544. The minimum Gasteiger partial charge on any atom is -0.485 e. The van der Waals surface area contributed by atoms with Crippen LogP contribution < -0.4 is 15.4 Å². The van der Waals surface area contributed by atoms with E-state index < -0.39 is 17.5 Å². The molecule has 0 aromatic heterocycles. The zero-order chi connectivity index (χ0) is 17.1. The fraction of sp³-hybridized carbons (Fsp3) is 0.588. The van der Waals surface area contributed by atoms with E-state index in [1.807, 2.05) is 6.92 Å². The Hall–Kier alpha value is -1.82. The molecule has 1 saturated heterocycles. The first-order valence-electron chi connectivity index (χ1n) is 7.86. The topological polar surface area (TPSA) is 59.6 Å². The van der Waals surface area contributed by atoms with Crippen LogP contribution in [0.2, 0.25) is 0 Å². The molecular formula is C17H25FN2O3. The molecule has 1 aromatic carbocycles. The zero-order valence-corrected chi connectivity index (χ0v) is 14.2. The van der Waals surface area contributed by atoms with E-state index in [2.05, 4.69) is 10.6 Å². The molecule has 0 bridgehead atoms. The number of carbonyl (C=O) groups is 1. The molecule has 1 heterocycles. The standard InChI is InChI=1S/C17H25FN2O3/c1-16(2,3)23-15(21)20-13-6-5-12(18)11-14(13)22-17(4)7-9-19-10-8-17/h5-6,11,19H,7-10H2,1-4H3,(H,20,21). The van der Waals surface area contributed by atoms with Crippen LogP contribution in [0.4, 0.5) is 14.9 Å². The molecule has 5 nitrogen and oxygen atoms in total. The maximum atomic E-state index is 13.6. The van der Waals surface area contributed by atoms with Crippen LogP contribution in [-0.2, 0) is 4.74 Å². The fourth-order valence-corrected chi connectivity index (χ4v) is 2.42. The second-order valence-electron chi connectivity index (χ2n) is 7.07. The molecule has 2 N–H and O–H groups in total. The van der Waals surface area contributed by atoms with Crippen LogP contribution in [0.1, 0.15) is 40.5 Å². The van der Waals surface area contributed by atoms with Gasteiger partial charge in [0.1, 0.15) is 22.8 Å². The summed E-state index contributed by atoms with van der Waals surface area (Å²) in [7, 11) is 0. The van der Waals surface area contributed by atoms with Gasteiger partial charge in [-0.15, -0.1) is 0 Å². The smallest absolute Gasteiger partial charge is 0.412 e. The van der Waals surface area contributed by atoms with Gasteiger partial charge in [-0.3, -0.25) is 5.32 Å². The normalized spacial score (nSPS) is 17.4. The predicted molar refractivity (Wildman–Crippen MR) is 87.4 cm³/mol. The van der Waals surface area contributed by atoms with E-state index in [0.29, 0.717) is 11.4 Å². The Morgan fingerprint density at radius 3 is 2.57 bits per heavy atom. The molecule has 0 radical (unpaired) electrons. The van der Waals surface area contributed by atoms with Crippen LogP contribution in [0.3, 0.4) is 0 Å². The van der Waals surface area contributed by atoms with E-state index in [-0.39, 0.29) is 5.60 Å². The Morgan fingerprint density at radius 2 is 1.96 bits per heavy atom. The van der Waals surface area contributed by atoms with Crippen LogP contribution in [0.15, 0.2) is 18.2 Å². The third-order valence-corrected chi connectivity index (χ3v) is 3.60. The highest BCUT2D eigenvalue weighted by molar-refractivity contribution is 5.87. The van der Waals surface area contributed by atoms with Crippen LogP contribution in [0, 0.1) is 5.82 Å². The van der Waals surface area contributed by atoms with Gasteiger partial charge in [0.05, 0.1) is 5.69 Å². The molecule has 1 fully saturated rings. The van der Waals surface area contributed by atoms with Gasteiger partial charge in [-0.2, -0.15) is 0 Å². The SMILES string of the molecule is CC(C)(C)OC(=O)Nc1ccc(F)cc1OC1(C)CCNCC1. The Balaban J connectivity index is 2.15. The molecule has 1 aliphatic rings. The molecule has 23 heavy (non-hydrogen) atoms. The van der Waals surface area contributed by atoms with Crippen LogP contribution in [0.25, 0.3) is 0 Å². The Kier molecular flexibility index (Phi) is 5.14. The number of ether oxygens (including phenoxy) is 2. The number of hydrogen-bond acceptors (Lipinski definition) is 4. The molecule has 1 amide bonds. The molecule has 1 aromatic rings. The van der Waals surface area contributed by atoms with Crippen molar-refractivity contribution in [1.29, 1.82) is 0 Å². The summed E-state index contributed by atoms with van der Waals surface area (Å²) < 4.78 is 24.9. The number of nitrogens with one attached hydrogen (secondary N) is 2. The fourth-order valence-electron chi connectivity index (χ4n) is 2.42. The van der Waals surface area contributed by atoms with Gasteiger partial charge in [-0.05, 0) is 65.8 Å². The number of benzene rings is 1. The van der Waals surface area contributed by atoms with Gasteiger partial charge in [0.2, 0.25) is 0 Å². The monoisotopic (exact) mass is 324 g/mol. The van der Waals surface area contributed by atoms with E-state index >= 15 is 0 Å². The highest BCUT2D eigenvalue weighted by Crippen LogP contribution is 2.32. The van der Waals surface area contributed by atoms with Gasteiger partial charge in [0.25, 0.3) is 0 Å². The van der Waals surface area contributed by atoms with Gasteiger partial charge >= 0.3 is 6.09 Å². The van der Waals surface area contributed by atoms with Crippen LogP contribution in [-0.4, -0.2) is 30.4 Å². The van der Waals surface area contributed by atoms with E-state index in [0.717, 1.165) is 25.9 Å².